The van der Waals surface area contributed by atoms with Gasteiger partial charge in [-0.1, -0.05) is 0 Å². The van der Waals surface area contributed by atoms with E-state index in [2.05, 4.69) is 0 Å². The van der Waals surface area contributed by atoms with E-state index in [0.717, 1.165) is 17.4 Å². The molecule has 0 aliphatic heterocycles. The summed E-state index contributed by atoms with van der Waals surface area (Å²) in [5, 5.41) is 0. The van der Waals surface area contributed by atoms with E-state index >= 15 is 4.10 Å². The fourth-order valence-electron chi connectivity index (χ4n) is 3.74. The fraction of sp³-hybridized carbons (Fsp3) is 0. The Morgan fingerprint density at radius 2 is 0.571 bits per heavy atom. The van der Waals surface area contributed by atoms with Gasteiger partial charge >= 0.3 is 179 Å². The van der Waals surface area contributed by atoms with Crippen LogP contribution in [-0.4, -0.2) is 35.8 Å². The van der Waals surface area contributed by atoms with Gasteiger partial charge in [-0.25, -0.2) is 0 Å². The van der Waals surface area contributed by atoms with E-state index in [1.807, 2.05) is 121 Å². The molecular weight excluding hydrogens is 483 g/mol. The molecule has 136 valence electrons. The predicted octanol–water partition coefficient (Wildman–Crippen LogP) is -1.50. The molecule has 4 heteroatoms. The average molecular weight is 504 g/mol. The number of hydrogen-bond donors (Lipinski definition) is 0. The van der Waals surface area contributed by atoms with Crippen LogP contribution in [0.25, 0.3) is 0 Å². The van der Waals surface area contributed by atoms with Crippen molar-refractivity contribution in [1.82, 2.24) is 0 Å². The minimum atomic E-state index is -4.80. The quantitative estimate of drug-likeness (QED) is 0.311. The van der Waals surface area contributed by atoms with Gasteiger partial charge in [-0.2, -0.15) is 0 Å². The van der Waals surface area contributed by atoms with Gasteiger partial charge in [-0.05, 0) is 0 Å². The maximum atomic E-state index is 15.7. The molecule has 0 saturated carbocycles. The molecule has 0 saturated heterocycles. The van der Waals surface area contributed by atoms with Crippen LogP contribution in [-0.2, 0) is 0 Å². The molecule has 0 bridgehead atoms. The maximum absolute atomic E-state index is 15.7. The van der Waals surface area contributed by atoms with Crippen LogP contribution in [0.5, 0.6) is 0 Å². The number of halogens is 1. The van der Waals surface area contributed by atoms with Crippen LogP contribution in [0.3, 0.4) is 0 Å². The molecule has 0 aliphatic rings. The first kappa shape index (κ1) is 22.9. The van der Waals surface area contributed by atoms with E-state index in [9.17, 15) is 0 Å². The van der Waals surface area contributed by atoms with E-state index < -0.39 is 12.8 Å². The Labute approximate surface area is 194 Å². The molecule has 4 rings (SSSR count). The van der Waals surface area contributed by atoms with Crippen molar-refractivity contribution in [2.24, 2.45) is 0 Å². The molecule has 0 aliphatic carbocycles. The summed E-state index contributed by atoms with van der Waals surface area (Å²) in [6, 6.07) is 39.7. The van der Waals surface area contributed by atoms with Crippen molar-refractivity contribution in [2.45, 2.75) is 0 Å². The zero-order valence-corrected chi connectivity index (χ0v) is 20.4. The van der Waals surface area contributed by atoms with Crippen LogP contribution in [0.2, 0.25) is 0 Å². The van der Waals surface area contributed by atoms with Crippen LogP contribution in [0, 0.1) is 0 Å². The minimum absolute atomic E-state index is 0. The Morgan fingerprint density at radius 1 is 0.393 bits per heavy atom. The van der Waals surface area contributed by atoms with Gasteiger partial charge in [-0.3, -0.25) is 0 Å². The van der Waals surface area contributed by atoms with Gasteiger partial charge in [0.1, 0.15) is 0 Å². The number of benzene rings is 4. The third-order valence-electron chi connectivity index (χ3n) is 5.00. The van der Waals surface area contributed by atoms with Crippen LogP contribution >= 0.6 is 0 Å². The van der Waals surface area contributed by atoms with Crippen molar-refractivity contribution in [3.63, 3.8) is 0 Å². The zero-order chi connectivity index (χ0) is 17.9. The van der Waals surface area contributed by atoms with Crippen LogP contribution in [0.1, 0.15) is 0 Å². The average Bonchev–Trinajstić information content (AvgIpc) is 2.76. The molecule has 4 aromatic rings. The summed E-state index contributed by atoms with van der Waals surface area (Å²) in [6.07, 6.45) is 0. The Kier molecular flexibility index (Phi) is 7.72. The molecular formula is C24H20AsBrMgO. The predicted molar refractivity (Wildman–Crippen MR) is 116 cm³/mol. The van der Waals surface area contributed by atoms with Crippen molar-refractivity contribution in [3.05, 3.63) is 121 Å². The van der Waals surface area contributed by atoms with Crippen molar-refractivity contribution < 1.29 is 21.1 Å². The van der Waals surface area contributed by atoms with Gasteiger partial charge in [0.05, 0.1) is 0 Å². The van der Waals surface area contributed by atoms with Gasteiger partial charge in [0, 0.05) is 0 Å². The van der Waals surface area contributed by atoms with E-state index in [1.165, 1.54) is 0 Å². The summed E-state index contributed by atoms with van der Waals surface area (Å²) in [7, 11) is 0. The Morgan fingerprint density at radius 3 is 0.750 bits per heavy atom. The molecule has 0 atom stereocenters. The Balaban J connectivity index is 0.00000140. The van der Waals surface area contributed by atoms with E-state index in [-0.39, 0.29) is 40.0 Å². The van der Waals surface area contributed by atoms with E-state index in [1.54, 1.807) is 0 Å². The van der Waals surface area contributed by atoms with Crippen LogP contribution in [0.4, 0.5) is 0 Å². The Hall–Kier alpha value is -1.36. The fourth-order valence-corrected chi connectivity index (χ4v) is 13.7. The summed E-state index contributed by atoms with van der Waals surface area (Å²) in [5.41, 5.74) is 0. The SMILES string of the molecule is [Br-].[Mg+2].[O-][As](c1ccccc1)(c1ccccc1)(c1ccccc1)c1ccccc1. The third kappa shape index (κ3) is 3.51. The van der Waals surface area contributed by atoms with Crippen LogP contribution < -0.4 is 38.5 Å². The second-order valence-electron chi connectivity index (χ2n) is 6.38. The molecule has 0 radical (unpaired) electrons. The van der Waals surface area contributed by atoms with Crippen molar-refractivity contribution in [2.75, 3.05) is 0 Å². The molecule has 0 N–H and O–H groups in total. The first-order valence-electron chi connectivity index (χ1n) is 8.72. The molecule has 0 heterocycles. The molecule has 0 aromatic heterocycles. The van der Waals surface area contributed by atoms with Gasteiger partial charge in [-0.15, -0.1) is 0 Å². The van der Waals surface area contributed by atoms with E-state index in [0.29, 0.717) is 0 Å². The monoisotopic (exact) mass is 502 g/mol. The third-order valence-corrected chi connectivity index (χ3v) is 15.8. The molecule has 0 unspecified atom stereocenters. The first-order valence-corrected chi connectivity index (χ1v) is 13.2. The Bertz CT molecular complexity index is 826. The van der Waals surface area contributed by atoms with Crippen molar-refractivity contribution in [1.29, 1.82) is 0 Å². The van der Waals surface area contributed by atoms with Gasteiger partial charge < -0.3 is 17.0 Å². The van der Waals surface area contributed by atoms with Gasteiger partial charge in [0.15, 0.2) is 0 Å². The van der Waals surface area contributed by atoms with Gasteiger partial charge in [0.25, 0.3) is 0 Å². The van der Waals surface area contributed by atoms with Crippen LogP contribution in [0.15, 0.2) is 121 Å². The van der Waals surface area contributed by atoms with Crippen molar-refractivity contribution in [3.8, 4) is 0 Å². The first-order chi connectivity index (χ1) is 12.7. The van der Waals surface area contributed by atoms with Gasteiger partial charge in [0.2, 0.25) is 0 Å². The number of rotatable bonds is 4. The number of hydrogen-bond acceptors (Lipinski definition) is 1. The second-order valence-corrected chi connectivity index (χ2v) is 15.1. The summed E-state index contributed by atoms with van der Waals surface area (Å²) in [6.45, 7) is 0. The standard InChI is InChI=1S/C24H20AsO.BrH.Mg/c26-25(21-13-5-1-6-14-21,22-15-7-2-8-16-22,23-17-9-3-10-18-23)24-19-11-4-12-20-24;;/h1-20H;1H;/q-1;;+2/p-1. The molecule has 0 fully saturated rings. The molecule has 28 heavy (non-hydrogen) atoms. The molecule has 0 spiro atoms. The topological polar surface area (TPSA) is 23.1 Å². The molecule has 4 aromatic carbocycles. The summed E-state index contributed by atoms with van der Waals surface area (Å²) < 4.78 is 19.2. The normalized spacial score (nSPS) is 12.0. The van der Waals surface area contributed by atoms with E-state index in [4.69, 9.17) is 0 Å². The molecule has 1 nitrogen and oxygen atoms in total. The van der Waals surface area contributed by atoms with Crippen molar-refractivity contribution >= 4 is 53.2 Å². The summed E-state index contributed by atoms with van der Waals surface area (Å²) in [4.78, 5) is 0. The molecule has 0 amide bonds. The summed E-state index contributed by atoms with van der Waals surface area (Å²) in [5.74, 6) is 0. The zero-order valence-electron chi connectivity index (χ0n) is 15.5. The summed E-state index contributed by atoms with van der Waals surface area (Å²) >= 11 is -4.80. The second kappa shape index (κ2) is 9.43.